The lowest BCUT2D eigenvalue weighted by molar-refractivity contribution is -0.125. The minimum atomic E-state index is -0.582. The van der Waals surface area contributed by atoms with E-state index in [1.54, 1.807) is 6.08 Å². The number of hydrazine groups is 1. The summed E-state index contributed by atoms with van der Waals surface area (Å²) < 4.78 is 1.92. The number of carbonyl (C=O) groups is 2. The van der Waals surface area contributed by atoms with Crippen LogP contribution in [0.1, 0.15) is 18.1 Å². The van der Waals surface area contributed by atoms with E-state index < -0.39 is 23.1 Å². The molecule has 9 nitrogen and oxygen atoms in total. The van der Waals surface area contributed by atoms with Gasteiger partial charge in [0.25, 0.3) is 11.5 Å². The van der Waals surface area contributed by atoms with Gasteiger partial charge in [0.1, 0.15) is 0 Å². The quantitative estimate of drug-likeness (QED) is 0.398. The molecule has 10 heteroatoms. The van der Waals surface area contributed by atoms with Crippen molar-refractivity contribution in [1.82, 2.24) is 25.2 Å². The van der Waals surface area contributed by atoms with Gasteiger partial charge in [-0.15, -0.1) is 0 Å². The molecule has 0 radical (unpaired) electrons. The topological polar surface area (TPSA) is 115 Å². The highest BCUT2D eigenvalue weighted by molar-refractivity contribution is 7.99. The molecule has 0 unspecified atom stereocenters. The highest BCUT2D eigenvalue weighted by atomic mass is 32.2. The molecule has 0 aliphatic heterocycles. The normalized spacial score (nSPS) is 10.8. The molecule has 0 fully saturated rings. The van der Waals surface area contributed by atoms with E-state index in [1.807, 2.05) is 24.3 Å². The second-order valence-corrected chi connectivity index (χ2v) is 6.79. The molecule has 0 spiro atoms. The van der Waals surface area contributed by atoms with E-state index in [1.165, 1.54) is 25.7 Å². The van der Waals surface area contributed by atoms with Crippen molar-refractivity contribution in [3.05, 3.63) is 62.3 Å². The molecule has 1 aromatic heterocycles. The van der Waals surface area contributed by atoms with Crippen molar-refractivity contribution < 1.29 is 9.59 Å². The Morgan fingerprint density at radius 2 is 1.82 bits per heavy atom. The number of rotatable bonds is 6. The summed E-state index contributed by atoms with van der Waals surface area (Å²) in [6.07, 6.45) is 3.88. The van der Waals surface area contributed by atoms with Crippen molar-refractivity contribution in [2.75, 3.05) is 5.75 Å². The lowest BCUT2D eigenvalue weighted by Gasteiger charge is -2.06. The van der Waals surface area contributed by atoms with Gasteiger partial charge in [-0.05, 0) is 23.6 Å². The van der Waals surface area contributed by atoms with Gasteiger partial charge in [-0.2, -0.15) is 5.10 Å². The molecule has 2 rings (SSSR count). The first kappa shape index (κ1) is 21.2. The van der Waals surface area contributed by atoms with Crippen LogP contribution in [0, 0.1) is 0 Å². The van der Waals surface area contributed by atoms with Crippen molar-refractivity contribution in [2.24, 2.45) is 14.1 Å². The van der Waals surface area contributed by atoms with Crippen molar-refractivity contribution in [2.45, 2.75) is 18.4 Å². The van der Waals surface area contributed by atoms with Crippen LogP contribution in [0.25, 0.3) is 6.08 Å². The minimum absolute atomic E-state index is 0.0153. The van der Waals surface area contributed by atoms with Crippen LogP contribution in [-0.2, 0) is 30.1 Å². The van der Waals surface area contributed by atoms with Crippen LogP contribution >= 0.6 is 11.8 Å². The first-order valence-electron chi connectivity index (χ1n) is 8.44. The fourth-order valence-electron chi connectivity index (χ4n) is 2.14. The van der Waals surface area contributed by atoms with Gasteiger partial charge in [0.15, 0.2) is 5.03 Å². The predicted molar refractivity (Wildman–Crippen MR) is 107 cm³/mol. The van der Waals surface area contributed by atoms with E-state index in [0.29, 0.717) is 0 Å². The van der Waals surface area contributed by atoms with Crippen molar-refractivity contribution in [1.29, 1.82) is 0 Å². The number of thioether (sulfide) groups is 1. The third-order valence-electron chi connectivity index (χ3n) is 3.77. The summed E-state index contributed by atoms with van der Waals surface area (Å²) in [6.45, 7) is 2.06. The molecule has 0 saturated heterocycles. The molecule has 0 atom stereocenters. The summed E-state index contributed by atoms with van der Waals surface area (Å²) in [5.74, 6) is -1.16. The fourth-order valence-corrected chi connectivity index (χ4v) is 2.92. The monoisotopic (exact) mass is 403 g/mol. The molecule has 2 aromatic rings. The van der Waals surface area contributed by atoms with Crippen molar-refractivity contribution in [3.8, 4) is 0 Å². The summed E-state index contributed by atoms with van der Waals surface area (Å²) in [4.78, 5) is 47.1. The van der Waals surface area contributed by atoms with Crippen LogP contribution in [0.2, 0.25) is 0 Å². The average molecular weight is 403 g/mol. The maximum Gasteiger partial charge on any atom is 0.346 e. The number of benzene rings is 1. The summed E-state index contributed by atoms with van der Waals surface area (Å²) in [5.41, 5.74) is 5.45. The van der Waals surface area contributed by atoms with Gasteiger partial charge < -0.3 is 0 Å². The number of hydrogen-bond acceptors (Lipinski definition) is 6. The lowest BCUT2D eigenvalue weighted by Crippen LogP contribution is -2.42. The minimum Gasteiger partial charge on any atom is -0.272 e. The highest BCUT2D eigenvalue weighted by Crippen LogP contribution is 2.08. The lowest BCUT2D eigenvalue weighted by atomic mass is 10.1. The number of hydrogen-bond donors (Lipinski definition) is 2. The van der Waals surface area contributed by atoms with Crippen LogP contribution in [0.4, 0.5) is 0 Å². The molecule has 0 aliphatic rings. The van der Waals surface area contributed by atoms with E-state index in [-0.39, 0.29) is 10.8 Å². The maximum atomic E-state index is 11.9. The first-order chi connectivity index (χ1) is 13.3. The van der Waals surface area contributed by atoms with E-state index in [4.69, 9.17) is 0 Å². The van der Waals surface area contributed by atoms with E-state index in [9.17, 15) is 19.2 Å². The van der Waals surface area contributed by atoms with Crippen LogP contribution in [0.3, 0.4) is 0 Å². The van der Waals surface area contributed by atoms with Crippen molar-refractivity contribution in [3.63, 3.8) is 0 Å². The smallest absolute Gasteiger partial charge is 0.272 e. The Bertz CT molecular complexity index is 1010. The van der Waals surface area contributed by atoms with Crippen LogP contribution in [0.5, 0.6) is 0 Å². The second-order valence-electron chi connectivity index (χ2n) is 5.83. The Kier molecular flexibility index (Phi) is 7.33. The Balaban J connectivity index is 1.83. The molecule has 2 N–H and O–H groups in total. The largest absolute Gasteiger partial charge is 0.346 e. The van der Waals surface area contributed by atoms with Crippen LogP contribution in [-0.4, -0.2) is 31.9 Å². The molecular weight excluding hydrogens is 382 g/mol. The summed E-state index contributed by atoms with van der Waals surface area (Å²) in [7, 11) is 2.74. The fraction of sp³-hybridized carbons (Fsp3) is 0.278. The SMILES string of the molecule is CCc1ccc(/C=C/C(=O)NNC(=O)CSc2nn(C)c(=O)n(C)c2=O)cc1. The van der Waals surface area contributed by atoms with Gasteiger partial charge in [0.2, 0.25) is 5.91 Å². The zero-order chi connectivity index (χ0) is 20.7. The van der Waals surface area contributed by atoms with Gasteiger partial charge in [0, 0.05) is 20.2 Å². The number of aryl methyl sites for hydroxylation is 2. The van der Waals surface area contributed by atoms with Gasteiger partial charge in [-0.1, -0.05) is 43.0 Å². The summed E-state index contributed by atoms with van der Waals surface area (Å²) in [5, 5.41) is 3.85. The highest BCUT2D eigenvalue weighted by Gasteiger charge is 2.11. The molecule has 0 aliphatic carbocycles. The Morgan fingerprint density at radius 1 is 1.14 bits per heavy atom. The molecule has 2 amide bonds. The third kappa shape index (κ3) is 5.68. The van der Waals surface area contributed by atoms with Gasteiger partial charge in [0.05, 0.1) is 5.75 Å². The number of nitrogens with zero attached hydrogens (tertiary/aromatic N) is 3. The van der Waals surface area contributed by atoms with E-state index in [2.05, 4.69) is 22.9 Å². The van der Waals surface area contributed by atoms with Gasteiger partial charge in [-0.3, -0.25) is 29.8 Å². The molecule has 1 aromatic carbocycles. The van der Waals surface area contributed by atoms with Crippen molar-refractivity contribution >= 4 is 29.7 Å². The first-order valence-corrected chi connectivity index (χ1v) is 9.43. The molecule has 0 saturated carbocycles. The predicted octanol–water partition coefficient (Wildman–Crippen LogP) is -0.00570. The number of aromatic nitrogens is 3. The standard InChI is InChI=1S/C18H21N5O4S/c1-4-12-5-7-13(8-6-12)9-10-14(24)19-20-15(25)11-28-16-17(26)22(2)18(27)23(3)21-16/h5-10H,4,11H2,1-3H3,(H,19,24)(H,20,25)/b10-9+. The second kappa shape index (κ2) is 9.70. The number of amides is 2. The van der Waals surface area contributed by atoms with Gasteiger partial charge >= 0.3 is 5.69 Å². The zero-order valence-corrected chi connectivity index (χ0v) is 16.6. The molecule has 148 valence electrons. The Hall–Kier alpha value is -3.14. The van der Waals surface area contributed by atoms with Crippen LogP contribution in [0.15, 0.2) is 45.0 Å². The Labute approximate surface area is 165 Å². The third-order valence-corrected chi connectivity index (χ3v) is 4.71. The maximum absolute atomic E-state index is 11.9. The summed E-state index contributed by atoms with van der Waals surface area (Å²) in [6, 6.07) is 7.76. The molecule has 1 heterocycles. The number of nitrogens with one attached hydrogen (secondary N) is 2. The van der Waals surface area contributed by atoms with E-state index >= 15 is 0 Å². The average Bonchev–Trinajstić information content (AvgIpc) is 2.71. The summed E-state index contributed by atoms with van der Waals surface area (Å²) >= 11 is 0.872. The van der Waals surface area contributed by atoms with Gasteiger partial charge in [-0.25, -0.2) is 9.48 Å². The Morgan fingerprint density at radius 3 is 2.46 bits per heavy atom. The number of carbonyl (C=O) groups excluding carboxylic acids is 2. The molecule has 0 bridgehead atoms. The zero-order valence-electron chi connectivity index (χ0n) is 15.8. The van der Waals surface area contributed by atoms with Crippen LogP contribution < -0.4 is 22.1 Å². The van der Waals surface area contributed by atoms with E-state index in [0.717, 1.165) is 33.0 Å². The molecule has 28 heavy (non-hydrogen) atoms. The molecular formula is C18H21N5O4S.